The molecule has 5 rings (SSSR count). The summed E-state index contributed by atoms with van der Waals surface area (Å²) in [6.45, 7) is 9.59. The maximum Gasteiger partial charge on any atom is 0.252 e. The molecule has 8 heteroatoms. The lowest BCUT2D eigenvalue weighted by Gasteiger charge is -2.35. The molecular weight excluding hydrogens is 416 g/mol. The number of hydrogen-bond acceptors (Lipinski definition) is 7. The highest BCUT2D eigenvalue weighted by Crippen LogP contribution is 2.26. The van der Waals surface area contributed by atoms with Crippen molar-refractivity contribution in [2.45, 2.75) is 39.3 Å². The Morgan fingerprint density at radius 2 is 1.94 bits per heavy atom. The van der Waals surface area contributed by atoms with Gasteiger partial charge in [-0.25, -0.2) is 4.98 Å². The van der Waals surface area contributed by atoms with Crippen molar-refractivity contribution in [1.82, 2.24) is 19.4 Å². The molecule has 0 unspecified atom stereocenters. The molecule has 2 saturated heterocycles. The average molecular weight is 449 g/mol. The number of likely N-dealkylation sites (N-methyl/N-ethyl adjacent to an activating group) is 1. The van der Waals surface area contributed by atoms with Crippen LogP contribution < -0.4 is 15.8 Å². The molecule has 0 bridgehead atoms. The van der Waals surface area contributed by atoms with Crippen molar-refractivity contribution in [2.75, 3.05) is 50.1 Å². The van der Waals surface area contributed by atoms with E-state index < -0.39 is 0 Å². The molecule has 2 aromatic heterocycles. The van der Waals surface area contributed by atoms with Crippen molar-refractivity contribution < 1.29 is 4.74 Å². The molecule has 2 aliphatic rings. The standard InChI is InChI=1S/C25H32N6O2/c1-17-14-23(32)31(16-20-5-4-12-33-20)24-21(17)15-26-25(28-24)27-19-6-7-22(18(2)13-19)30-10-8-29(3)9-11-30/h6-7,13-15,20H,4-5,8-12,16H2,1-3H3,(H,26,27,28)/t20-/m1/s1. The lowest BCUT2D eigenvalue weighted by molar-refractivity contribution is 0.0971. The largest absolute Gasteiger partial charge is 0.376 e. The highest BCUT2D eigenvalue weighted by molar-refractivity contribution is 5.79. The zero-order valence-corrected chi connectivity index (χ0v) is 19.7. The van der Waals surface area contributed by atoms with Gasteiger partial charge in [0.05, 0.1) is 12.6 Å². The molecular formula is C25H32N6O2. The summed E-state index contributed by atoms with van der Waals surface area (Å²) in [6, 6.07) is 8.04. The van der Waals surface area contributed by atoms with E-state index in [1.807, 2.05) is 6.92 Å². The van der Waals surface area contributed by atoms with Crippen LogP contribution in [0.5, 0.6) is 0 Å². The molecule has 0 spiro atoms. The van der Waals surface area contributed by atoms with Crippen molar-refractivity contribution in [1.29, 1.82) is 0 Å². The Morgan fingerprint density at radius 3 is 2.67 bits per heavy atom. The summed E-state index contributed by atoms with van der Waals surface area (Å²) >= 11 is 0. The highest BCUT2D eigenvalue weighted by Gasteiger charge is 2.20. The summed E-state index contributed by atoms with van der Waals surface area (Å²) < 4.78 is 7.50. The van der Waals surface area contributed by atoms with Gasteiger partial charge in [-0.05, 0) is 63.1 Å². The number of fused-ring (bicyclic) bond motifs is 1. The van der Waals surface area contributed by atoms with Crippen LogP contribution in [-0.2, 0) is 11.3 Å². The van der Waals surface area contributed by atoms with Gasteiger partial charge in [0.2, 0.25) is 5.95 Å². The molecule has 1 N–H and O–H groups in total. The summed E-state index contributed by atoms with van der Waals surface area (Å²) in [6.07, 6.45) is 3.87. The van der Waals surface area contributed by atoms with E-state index >= 15 is 0 Å². The van der Waals surface area contributed by atoms with Gasteiger partial charge in [0.15, 0.2) is 0 Å². The molecule has 8 nitrogen and oxygen atoms in total. The van der Waals surface area contributed by atoms with Crippen LogP contribution in [0.25, 0.3) is 11.0 Å². The van der Waals surface area contributed by atoms with E-state index in [9.17, 15) is 4.79 Å². The van der Waals surface area contributed by atoms with Gasteiger partial charge in [0.25, 0.3) is 5.56 Å². The normalized spacial score (nSPS) is 19.4. The van der Waals surface area contributed by atoms with E-state index in [4.69, 9.17) is 9.72 Å². The number of aryl methyl sites for hydroxylation is 2. The van der Waals surface area contributed by atoms with Gasteiger partial charge in [-0.2, -0.15) is 4.98 Å². The summed E-state index contributed by atoms with van der Waals surface area (Å²) in [5.41, 5.74) is 4.92. The topological polar surface area (TPSA) is 75.5 Å². The number of nitrogens with one attached hydrogen (secondary N) is 1. The van der Waals surface area contributed by atoms with E-state index in [1.54, 1.807) is 16.8 Å². The Kier molecular flexibility index (Phi) is 6.03. The van der Waals surface area contributed by atoms with Gasteiger partial charge in [-0.15, -0.1) is 0 Å². The monoisotopic (exact) mass is 448 g/mol. The first kappa shape index (κ1) is 21.9. The molecule has 1 aromatic carbocycles. The Hall–Kier alpha value is -2.97. The van der Waals surface area contributed by atoms with Crippen molar-refractivity contribution in [3.05, 3.63) is 51.9 Å². The number of nitrogens with zero attached hydrogens (tertiary/aromatic N) is 5. The third-order valence-electron chi connectivity index (χ3n) is 6.76. The quantitative estimate of drug-likeness (QED) is 0.643. The number of piperazine rings is 1. The van der Waals surface area contributed by atoms with Crippen LogP contribution >= 0.6 is 0 Å². The van der Waals surface area contributed by atoms with Gasteiger partial charge in [-0.3, -0.25) is 9.36 Å². The van der Waals surface area contributed by atoms with E-state index in [0.29, 0.717) is 18.1 Å². The van der Waals surface area contributed by atoms with Crippen LogP contribution in [0.3, 0.4) is 0 Å². The van der Waals surface area contributed by atoms with E-state index in [1.165, 1.54) is 11.3 Å². The first-order chi connectivity index (χ1) is 16.0. The average Bonchev–Trinajstić information content (AvgIpc) is 3.31. The molecule has 2 fully saturated rings. The van der Waals surface area contributed by atoms with Crippen molar-refractivity contribution in [3.8, 4) is 0 Å². The number of anilines is 3. The number of ether oxygens (including phenoxy) is 1. The third kappa shape index (κ3) is 4.58. The molecule has 3 aromatic rings. The minimum Gasteiger partial charge on any atom is -0.376 e. The third-order valence-corrected chi connectivity index (χ3v) is 6.76. The van der Waals surface area contributed by atoms with E-state index in [-0.39, 0.29) is 11.7 Å². The molecule has 1 atom stereocenters. The predicted octanol–water partition coefficient (Wildman–Crippen LogP) is 3.08. The Bertz CT molecular complexity index is 1210. The predicted molar refractivity (Wildman–Crippen MR) is 132 cm³/mol. The fourth-order valence-corrected chi connectivity index (χ4v) is 4.80. The van der Waals surface area contributed by atoms with Gasteiger partial charge < -0.3 is 19.9 Å². The summed E-state index contributed by atoms with van der Waals surface area (Å²) in [5, 5.41) is 4.23. The molecule has 0 radical (unpaired) electrons. The van der Waals surface area contributed by atoms with Gasteiger partial charge >= 0.3 is 0 Å². The van der Waals surface area contributed by atoms with Crippen LogP contribution in [0.2, 0.25) is 0 Å². The number of hydrogen-bond donors (Lipinski definition) is 1. The van der Waals surface area contributed by atoms with Crippen molar-refractivity contribution in [3.63, 3.8) is 0 Å². The van der Waals surface area contributed by atoms with Crippen LogP contribution in [0.1, 0.15) is 24.0 Å². The van der Waals surface area contributed by atoms with Crippen LogP contribution in [0, 0.1) is 13.8 Å². The second-order valence-electron chi connectivity index (χ2n) is 9.26. The van der Waals surface area contributed by atoms with Crippen LogP contribution in [0.4, 0.5) is 17.3 Å². The smallest absolute Gasteiger partial charge is 0.252 e. The van der Waals surface area contributed by atoms with Crippen LogP contribution in [0.15, 0.2) is 35.3 Å². The Morgan fingerprint density at radius 1 is 1.12 bits per heavy atom. The Balaban J connectivity index is 1.42. The fourth-order valence-electron chi connectivity index (χ4n) is 4.80. The number of rotatable bonds is 5. The highest BCUT2D eigenvalue weighted by atomic mass is 16.5. The maximum absolute atomic E-state index is 12.8. The Labute approximate surface area is 194 Å². The molecule has 4 heterocycles. The molecule has 0 saturated carbocycles. The number of aromatic nitrogens is 3. The lowest BCUT2D eigenvalue weighted by atomic mass is 10.1. The summed E-state index contributed by atoms with van der Waals surface area (Å²) in [5.74, 6) is 0.486. The summed E-state index contributed by atoms with van der Waals surface area (Å²) in [7, 11) is 2.17. The van der Waals surface area contributed by atoms with Gasteiger partial charge in [0, 0.05) is 61.8 Å². The fraction of sp³-hybridized carbons (Fsp3) is 0.480. The van der Waals surface area contributed by atoms with Gasteiger partial charge in [-0.1, -0.05) is 0 Å². The van der Waals surface area contributed by atoms with E-state index in [0.717, 1.165) is 62.3 Å². The van der Waals surface area contributed by atoms with Crippen LogP contribution in [-0.4, -0.2) is 65.4 Å². The molecule has 33 heavy (non-hydrogen) atoms. The zero-order valence-electron chi connectivity index (χ0n) is 19.7. The lowest BCUT2D eigenvalue weighted by Crippen LogP contribution is -2.44. The molecule has 0 aliphatic carbocycles. The second-order valence-corrected chi connectivity index (χ2v) is 9.26. The zero-order chi connectivity index (χ0) is 22.9. The minimum atomic E-state index is -0.0486. The minimum absolute atomic E-state index is 0.0486. The number of pyridine rings is 1. The SMILES string of the molecule is Cc1cc(Nc2ncc3c(C)cc(=O)n(C[C@H]4CCCO4)c3n2)ccc1N1CCN(C)CC1. The van der Waals surface area contributed by atoms with Gasteiger partial charge in [0.1, 0.15) is 5.65 Å². The van der Waals surface area contributed by atoms with Crippen molar-refractivity contribution >= 4 is 28.4 Å². The maximum atomic E-state index is 12.8. The second kappa shape index (κ2) is 9.11. The summed E-state index contributed by atoms with van der Waals surface area (Å²) in [4.78, 5) is 26.9. The molecule has 2 aliphatic heterocycles. The first-order valence-electron chi connectivity index (χ1n) is 11.8. The van der Waals surface area contributed by atoms with Crippen molar-refractivity contribution in [2.24, 2.45) is 0 Å². The molecule has 174 valence electrons. The molecule has 0 amide bonds. The first-order valence-corrected chi connectivity index (χ1v) is 11.8. The van der Waals surface area contributed by atoms with E-state index in [2.05, 4.69) is 52.3 Å². The number of benzene rings is 1.